The van der Waals surface area contributed by atoms with Gasteiger partial charge in [-0.3, -0.25) is 0 Å². The van der Waals surface area contributed by atoms with E-state index in [0.717, 1.165) is 28.4 Å². The Labute approximate surface area is 157 Å². The van der Waals surface area contributed by atoms with Gasteiger partial charge in [0, 0.05) is 11.8 Å². The van der Waals surface area contributed by atoms with Gasteiger partial charge in [0.2, 0.25) is 6.79 Å². The number of methoxy groups -OCH3 is 2. The molecule has 0 aliphatic carbocycles. The van der Waals surface area contributed by atoms with Gasteiger partial charge in [0.15, 0.2) is 23.0 Å². The third-order valence-electron chi connectivity index (χ3n) is 5.73. The molecule has 0 N–H and O–H groups in total. The normalized spacial score (nSPS) is 28.2. The van der Waals surface area contributed by atoms with Crippen LogP contribution in [0.3, 0.4) is 0 Å². The Morgan fingerprint density at radius 2 is 1.37 bits per heavy atom. The van der Waals surface area contributed by atoms with Gasteiger partial charge in [-0.1, -0.05) is 12.1 Å². The molecule has 6 heteroatoms. The average Bonchev–Trinajstić information content (AvgIpc) is 3.42. The van der Waals surface area contributed by atoms with E-state index >= 15 is 0 Å². The van der Waals surface area contributed by atoms with Crippen LogP contribution < -0.4 is 18.9 Å². The van der Waals surface area contributed by atoms with Crippen molar-refractivity contribution in [2.75, 3.05) is 34.2 Å². The van der Waals surface area contributed by atoms with Crippen molar-refractivity contribution >= 4 is 0 Å². The first-order valence-corrected chi connectivity index (χ1v) is 9.13. The van der Waals surface area contributed by atoms with E-state index in [1.165, 1.54) is 0 Å². The second-order valence-electron chi connectivity index (χ2n) is 7.06. The lowest BCUT2D eigenvalue weighted by Gasteiger charge is -2.18. The molecule has 3 aliphatic heterocycles. The first-order valence-electron chi connectivity index (χ1n) is 9.13. The number of fused-ring (bicyclic) bond motifs is 2. The van der Waals surface area contributed by atoms with Crippen LogP contribution in [0, 0.1) is 11.8 Å². The summed E-state index contributed by atoms with van der Waals surface area (Å²) in [5, 5.41) is 0. The molecule has 3 aliphatic rings. The SMILES string of the molecule is COc1ccc([C@@H]2OC[C@H]3[C@@H]2CO[C@H]3c2ccc3c(c2)OCO3)cc1OC. The molecule has 0 radical (unpaired) electrons. The molecule has 2 fully saturated rings. The van der Waals surface area contributed by atoms with Crippen LogP contribution in [-0.2, 0) is 9.47 Å². The minimum Gasteiger partial charge on any atom is -0.493 e. The summed E-state index contributed by atoms with van der Waals surface area (Å²) in [5.74, 6) is 3.63. The molecule has 2 saturated heterocycles. The van der Waals surface area contributed by atoms with E-state index in [2.05, 4.69) is 6.07 Å². The van der Waals surface area contributed by atoms with E-state index in [1.54, 1.807) is 14.2 Å². The molecule has 0 aromatic heterocycles. The maximum Gasteiger partial charge on any atom is 0.231 e. The van der Waals surface area contributed by atoms with Crippen molar-refractivity contribution in [2.45, 2.75) is 12.2 Å². The zero-order chi connectivity index (χ0) is 18.4. The van der Waals surface area contributed by atoms with Gasteiger partial charge in [-0.15, -0.1) is 0 Å². The zero-order valence-corrected chi connectivity index (χ0v) is 15.3. The molecule has 2 aromatic carbocycles. The molecule has 27 heavy (non-hydrogen) atoms. The van der Waals surface area contributed by atoms with E-state index in [-0.39, 0.29) is 19.0 Å². The van der Waals surface area contributed by atoms with Gasteiger partial charge in [0.1, 0.15) is 0 Å². The highest BCUT2D eigenvalue weighted by Gasteiger charge is 2.48. The second kappa shape index (κ2) is 6.62. The number of hydrogen-bond donors (Lipinski definition) is 0. The Morgan fingerprint density at radius 3 is 2.07 bits per heavy atom. The fourth-order valence-corrected chi connectivity index (χ4v) is 4.35. The van der Waals surface area contributed by atoms with E-state index < -0.39 is 0 Å². The third-order valence-corrected chi connectivity index (χ3v) is 5.73. The summed E-state index contributed by atoms with van der Waals surface area (Å²) in [4.78, 5) is 0. The lowest BCUT2D eigenvalue weighted by atomic mass is 9.85. The van der Waals surface area contributed by atoms with Gasteiger partial charge >= 0.3 is 0 Å². The largest absolute Gasteiger partial charge is 0.493 e. The van der Waals surface area contributed by atoms with Crippen molar-refractivity contribution < 1.29 is 28.4 Å². The van der Waals surface area contributed by atoms with E-state index in [4.69, 9.17) is 28.4 Å². The molecule has 3 heterocycles. The Morgan fingerprint density at radius 1 is 0.741 bits per heavy atom. The highest BCUT2D eigenvalue weighted by atomic mass is 16.7. The number of ether oxygens (including phenoxy) is 6. The number of benzene rings is 2. The molecule has 6 nitrogen and oxygen atoms in total. The summed E-state index contributed by atoms with van der Waals surface area (Å²) < 4.78 is 34.1. The summed E-state index contributed by atoms with van der Waals surface area (Å²) in [5.41, 5.74) is 2.21. The van der Waals surface area contributed by atoms with Crippen molar-refractivity contribution in [1.82, 2.24) is 0 Å². The van der Waals surface area contributed by atoms with Gasteiger partial charge in [-0.2, -0.15) is 0 Å². The standard InChI is InChI=1S/C21H22O6/c1-22-16-5-3-12(7-18(16)23-2)20-14-9-25-21(15(14)10-24-20)13-4-6-17-19(8-13)27-11-26-17/h3-8,14-15,20-21H,9-11H2,1-2H3/t14-,15-,20-,21-/m0/s1. The maximum absolute atomic E-state index is 6.19. The molecule has 0 amide bonds. The second-order valence-corrected chi connectivity index (χ2v) is 7.06. The van der Waals surface area contributed by atoms with Gasteiger partial charge in [0.25, 0.3) is 0 Å². The molecule has 0 saturated carbocycles. The topological polar surface area (TPSA) is 55.4 Å². The van der Waals surface area contributed by atoms with Crippen molar-refractivity contribution in [3.63, 3.8) is 0 Å². The first-order chi connectivity index (χ1) is 13.3. The Kier molecular flexibility index (Phi) is 4.10. The molecule has 2 aromatic rings. The Hall–Kier alpha value is -2.44. The minimum atomic E-state index is -0.00573. The number of rotatable bonds is 4. The zero-order valence-electron chi connectivity index (χ0n) is 15.3. The fourth-order valence-electron chi connectivity index (χ4n) is 4.35. The van der Waals surface area contributed by atoms with Crippen LogP contribution in [0.15, 0.2) is 36.4 Å². The molecular weight excluding hydrogens is 348 g/mol. The molecular formula is C21H22O6. The fraction of sp³-hybridized carbons (Fsp3) is 0.429. The first kappa shape index (κ1) is 16.7. The molecule has 0 unspecified atom stereocenters. The molecule has 0 spiro atoms. The molecule has 142 valence electrons. The number of hydrogen-bond acceptors (Lipinski definition) is 6. The summed E-state index contributed by atoms with van der Waals surface area (Å²) in [6, 6.07) is 12.0. The van der Waals surface area contributed by atoms with E-state index in [0.29, 0.717) is 30.8 Å². The van der Waals surface area contributed by atoms with E-state index in [9.17, 15) is 0 Å². The maximum atomic E-state index is 6.19. The van der Waals surface area contributed by atoms with Crippen molar-refractivity contribution in [2.24, 2.45) is 11.8 Å². The lowest BCUT2D eigenvalue weighted by Crippen LogP contribution is -2.14. The smallest absolute Gasteiger partial charge is 0.231 e. The monoisotopic (exact) mass is 370 g/mol. The average molecular weight is 370 g/mol. The van der Waals surface area contributed by atoms with Crippen LogP contribution in [-0.4, -0.2) is 34.2 Å². The molecule has 5 rings (SSSR count). The summed E-state index contributed by atoms with van der Waals surface area (Å²) in [7, 11) is 3.29. The van der Waals surface area contributed by atoms with Crippen LogP contribution >= 0.6 is 0 Å². The lowest BCUT2D eigenvalue weighted by molar-refractivity contribution is 0.0191. The highest BCUT2D eigenvalue weighted by molar-refractivity contribution is 5.46. The predicted octanol–water partition coefficient (Wildman–Crippen LogP) is 3.51. The Balaban J connectivity index is 1.39. The Bertz CT molecular complexity index is 851. The quantitative estimate of drug-likeness (QED) is 0.821. The molecule has 4 atom stereocenters. The van der Waals surface area contributed by atoms with Crippen molar-refractivity contribution in [1.29, 1.82) is 0 Å². The van der Waals surface area contributed by atoms with Crippen molar-refractivity contribution in [3.8, 4) is 23.0 Å². The van der Waals surface area contributed by atoms with Crippen molar-refractivity contribution in [3.05, 3.63) is 47.5 Å². The minimum absolute atomic E-state index is 0.00573. The summed E-state index contributed by atoms with van der Waals surface area (Å²) in [6.45, 7) is 1.62. The molecule has 0 bridgehead atoms. The summed E-state index contributed by atoms with van der Waals surface area (Å²) in [6.07, 6.45) is 0.00320. The van der Waals surface area contributed by atoms with Crippen LogP contribution in [0.2, 0.25) is 0 Å². The predicted molar refractivity (Wildman–Crippen MR) is 96.5 cm³/mol. The van der Waals surface area contributed by atoms with Crippen LogP contribution in [0.5, 0.6) is 23.0 Å². The highest BCUT2D eigenvalue weighted by Crippen LogP contribution is 2.51. The third kappa shape index (κ3) is 2.71. The van der Waals surface area contributed by atoms with Crippen LogP contribution in [0.25, 0.3) is 0 Å². The van der Waals surface area contributed by atoms with Gasteiger partial charge < -0.3 is 28.4 Å². The van der Waals surface area contributed by atoms with Gasteiger partial charge in [-0.25, -0.2) is 0 Å². The van der Waals surface area contributed by atoms with Gasteiger partial charge in [0.05, 0.1) is 39.6 Å². The van der Waals surface area contributed by atoms with E-state index in [1.807, 2.05) is 30.3 Å². The van der Waals surface area contributed by atoms with Gasteiger partial charge in [-0.05, 0) is 35.4 Å². The van der Waals surface area contributed by atoms with Crippen LogP contribution in [0.1, 0.15) is 23.3 Å². The summed E-state index contributed by atoms with van der Waals surface area (Å²) >= 11 is 0. The van der Waals surface area contributed by atoms with Crippen LogP contribution in [0.4, 0.5) is 0 Å².